The van der Waals surface area contributed by atoms with Gasteiger partial charge in [0.1, 0.15) is 96.7 Å². The first-order valence-electron chi connectivity index (χ1n) is 43.9. The van der Waals surface area contributed by atoms with Gasteiger partial charge in [-0.2, -0.15) is 0 Å². The van der Waals surface area contributed by atoms with Crippen LogP contribution >= 0.6 is 0 Å². The number of hydrogen-bond acceptors (Lipinski definition) is 30. The predicted octanol–water partition coefficient (Wildman–Crippen LogP) is -13.0. The fraction of sp³-hybridized carbons (Fsp3) is 0.683. The van der Waals surface area contributed by atoms with E-state index in [9.17, 15) is 132 Å². The fourth-order valence-electron chi connectivity index (χ4n) is 14.4. The third-order valence-corrected chi connectivity index (χ3v) is 21.9. The molecule has 4 rings (SSSR count). The van der Waals surface area contributed by atoms with Crippen molar-refractivity contribution >= 4 is 118 Å². The minimum absolute atomic E-state index is 0.000619. The Kier molecular flexibility index (Phi) is 48.5. The van der Waals surface area contributed by atoms with Crippen molar-refractivity contribution in [3.05, 3.63) is 35.9 Å². The second-order valence-corrected chi connectivity index (χ2v) is 33.3. The molecule has 19 amide bonds. The number of hydrogen-bond donors (Lipinski definition) is 27. The van der Waals surface area contributed by atoms with Gasteiger partial charge in [-0.05, 0) is 135 Å². The molecule has 50 heteroatoms. The maximum Gasteiger partial charge on any atom is 0.325 e. The highest BCUT2D eigenvalue weighted by atomic mass is 16.4. The highest BCUT2D eigenvalue weighted by Gasteiger charge is 2.45. The zero-order chi connectivity index (χ0) is 98.9. The maximum absolute atomic E-state index is 15.0. The number of aliphatic hydroxyl groups is 7. The molecule has 3 aliphatic rings. The van der Waals surface area contributed by atoms with Crippen molar-refractivity contribution < 1.29 is 137 Å². The van der Waals surface area contributed by atoms with E-state index >= 15 is 0 Å². The normalized spacial score (nSPS) is 18.4. The monoisotopic (exact) mass is 1870 g/mol. The second-order valence-electron chi connectivity index (χ2n) is 33.3. The van der Waals surface area contributed by atoms with Crippen molar-refractivity contribution in [3.63, 3.8) is 0 Å². The number of nitrogens with one attached hydrogen (secondary N) is 16. The molecule has 3 heterocycles. The van der Waals surface area contributed by atoms with Gasteiger partial charge in [0, 0.05) is 26.1 Å². The molecule has 0 bridgehead atoms. The average Bonchev–Trinajstić information content (AvgIpc) is 1.63. The largest absolute Gasteiger partial charge is 0.480 e. The van der Waals surface area contributed by atoms with Crippen LogP contribution in [0.25, 0.3) is 0 Å². The van der Waals surface area contributed by atoms with Crippen molar-refractivity contribution in [2.45, 2.75) is 260 Å². The third-order valence-electron chi connectivity index (χ3n) is 21.9. The first-order valence-corrected chi connectivity index (χ1v) is 43.9. The smallest absolute Gasteiger partial charge is 0.325 e. The Morgan fingerprint density at radius 1 is 0.379 bits per heavy atom. The molecule has 0 radical (unpaired) electrons. The third kappa shape index (κ3) is 35.7. The number of rotatable bonds is 56. The molecule has 1 aromatic carbocycles. The Morgan fingerprint density at radius 3 is 1.24 bits per heavy atom. The summed E-state index contributed by atoms with van der Waals surface area (Å²) in [5.74, 6) is -21.0. The highest BCUT2D eigenvalue weighted by Crippen LogP contribution is 2.24. The van der Waals surface area contributed by atoms with Gasteiger partial charge in [0.25, 0.3) is 0 Å². The molecule has 740 valence electrons. The summed E-state index contributed by atoms with van der Waals surface area (Å²) in [6.45, 7) is 4.12. The Balaban J connectivity index is 1.38. The van der Waals surface area contributed by atoms with E-state index in [1.807, 2.05) is 5.32 Å². The van der Waals surface area contributed by atoms with Crippen LogP contribution < -0.4 is 102 Å². The summed E-state index contributed by atoms with van der Waals surface area (Å²) in [5, 5.41) is 118. The lowest BCUT2D eigenvalue weighted by molar-refractivity contribution is -0.143. The van der Waals surface area contributed by atoms with E-state index in [1.165, 1.54) is 16.7 Å². The molecule has 0 aromatic heterocycles. The van der Waals surface area contributed by atoms with Crippen LogP contribution in [0.1, 0.15) is 144 Å². The van der Waals surface area contributed by atoms with E-state index in [2.05, 4.69) is 79.8 Å². The molecule has 0 aliphatic carbocycles. The van der Waals surface area contributed by atoms with Gasteiger partial charge in [-0.15, -0.1) is 0 Å². The van der Waals surface area contributed by atoms with Gasteiger partial charge in [-0.3, -0.25) is 95.9 Å². The second kappa shape index (κ2) is 56.8. The number of benzene rings is 1. The number of carbonyl (C=O) groups excluding carboxylic acids is 19. The van der Waals surface area contributed by atoms with Crippen LogP contribution in [0.15, 0.2) is 30.3 Å². The van der Waals surface area contributed by atoms with Crippen molar-refractivity contribution in [1.82, 2.24) is 99.8 Å². The van der Waals surface area contributed by atoms with Crippen molar-refractivity contribution in [2.24, 2.45) is 29.0 Å². The molecule has 3 saturated heterocycles. The summed E-state index contributed by atoms with van der Waals surface area (Å²) in [6, 6.07) is -17.5. The minimum Gasteiger partial charge on any atom is -0.480 e. The number of unbranched alkanes of at least 4 members (excludes halogenated alkanes) is 2. The molecule has 132 heavy (non-hydrogen) atoms. The van der Waals surface area contributed by atoms with Crippen LogP contribution in [0.4, 0.5) is 0 Å². The molecule has 0 saturated carbocycles. The lowest BCUT2D eigenvalue weighted by Crippen LogP contribution is -2.62. The Hall–Kier alpha value is -11.8. The Labute approximate surface area is 762 Å². The lowest BCUT2D eigenvalue weighted by Gasteiger charge is -2.32. The van der Waals surface area contributed by atoms with Crippen LogP contribution in [0.5, 0.6) is 0 Å². The number of nitrogens with zero attached hydrogens (tertiary/aromatic N) is 3. The molecular formula is C82H134N22O28. The van der Waals surface area contributed by atoms with Gasteiger partial charge < -0.3 is 158 Å². The molecule has 0 unspecified atom stereocenters. The lowest BCUT2D eigenvalue weighted by atomic mass is 10.00. The topological polar surface area (TPSA) is 784 Å². The summed E-state index contributed by atoms with van der Waals surface area (Å²) in [6.07, 6.45) is -0.510. The van der Waals surface area contributed by atoms with Crippen LogP contribution in [0.2, 0.25) is 0 Å². The molecule has 50 nitrogen and oxygen atoms in total. The number of amides is 19. The van der Waals surface area contributed by atoms with E-state index in [0.29, 0.717) is 44.2 Å². The number of carboxylic acid groups (broad SMARTS) is 1. The molecule has 1 aromatic rings. The Morgan fingerprint density at radius 2 is 0.758 bits per heavy atom. The van der Waals surface area contributed by atoms with Crippen LogP contribution in [-0.2, 0) is 102 Å². The van der Waals surface area contributed by atoms with Crippen molar-refractivity contribution in [1.29, 1.82) is 0 Å². The van der Waals surface area contributed by atoms with E-state index in [1.54, 1.807) is 58.0 Å². The summed E-state index contributed by atoms with van der Waals surface area (Å²) < 4.78 is 0. The average molecular weight is 1880 g/mol. The summed E-state index contributed by atoms with van der Waals surface area (Å²) in [5.41, 5.74) is 17.8. The summed E-state index contributed by atoms with van der Waals surface area (Å²) in [4.78, 5) is 274. The number of aliphatic carboxylic acids is 1. The van der Waals surface area contributed by atoms with Crippen molar-refractivity contribution in [3.8, 4) is 0 Å². The number of carboxylic acids is 1. The zero-order valence-corrected chi connectivity index (χ0v) is 75.4. The highest BCUT2D eigenvalue weighted by molar-refractivity contribution is 6.02. The number of nitrogens with two attached hydrogens (primary N) is 3. The fourth-order valence-corrected chi connectivity index (χ4v) is 14.4. The van der Waals surface area contributed by atoms with Gasteiger partial charge in [0.15, 0.2) is 0 Å². The van der Waals surface area contributed by atoms with Gasteiger partial charge in [-0.1, -0.05) is 64.4 Å². The SMILES string of the molecule is CC(C)C[C@H](NC(=O)[C@@H]1CCCN1C(=O)[C@H](Cc1ccccc1)NC(=O)[C@@H](NC(=O)[C@H](CO)NC(=O)[C@@H]1CCCN1C(=O)CNC(=O)[C@@H](N)CCCCN)C(C)C)C(=O)N[C@@H](C)C(=O)N1CCC[C@H]1C(=O)N[C@@H](CO)C(=O)N[C@@H](CO)C(=O)N[C@@H](CCCCN)C(=O)N[C@@H](CO)C(=O)N[C@H](C(=O)N[C@@H](CO)C(=O)NCC(=O)NCC(=O)N[C@H](C(=O)N[C@@H](C)C(=O)O)[C@@H](C)O)[C@@H](C)O. The summed E-state index contributed by atoms with van der Waals surface area (Å²) in [7, 11) is 0. The standard InChI is InChI=1S/C82H134N22O28/c1-41(2)31-50(92-75(124)59-25-18-30-104(59)81(130)51(32-47-19-10-9-11-20-47)93-77(126)63(42(3)4)100-72(121)56(40-109)97-74(123)57-23-16-28-102(57)62(114)35-88-66(115)48(85)21-12-14-26-83)69(118)89-43(5)80(129)103-29-17-24-58(103)76(125)96-54(38-107)71(120)95-53(37-106)70(119)91-49(22-13-15-27-84)68(117)94-55(39-108)73(122)101-65(46(8)111)79(128)98-52(36-105)67(116)87-33-60(112)86-34-61(113)99-64(45(7)110)78(127)90-44(6)82(131)132/h9-11,19-20,41-46,48-59,63-65,105-111H,12-18,21-40,83-85H2,1-8H3,(H,86,112)(H,87,116)(H,88,115)(H,89,118)(H,90,127)(H,91,119)(H,92,124)(H,93,126)(H,94,117)(H,95,120)(H,96,125)(H,97,123)(H,98,128)(H,99,113)(H,100,121)(H,101,122)(H,131,132)/t43-,44-,45+,46+,48-,49-,50-,51-,52-,53-,54-,55-,56-,57-,58-,59-,63-,64-,65-/m0/s1. The summed E-state index contributed by atoms with van der Waals surface area (Å²) >= 11 is 0. The first kappa shape index (κ1) is 113. The quantitative estimate of drug-likeness (QED) is 0.0269. The zero-order valence-electron chi connectivity index (χ0n) is 75.4. The molecule has 3 aliphatic heterocycles. The van der Waals surface area contributed by atoms with Crippen LogP contribution in [0, 0.1) is 11.8 Å². The van der Waals surface area contributed by atoms with Gasteiger partial charge in [0.2, 0.25) is 112 Å². The number of aliphatic hydroxyl groups excluding tert-OH is 7. The van der Waals surface area contributed by atoms with E-state index in [4.69, 9.17) is 22.3 Å². The Bertz CT molecular complexity index is 4110. The van der Waals surface area contributed by atoms with E-state index in [0.717, 1.165) is 25.7 Å². The molecule has 30 N–H and O–H groups in total. The van der Waals surface area contributed by atoms with Gasteiger partial charge in [-0.25, -0.2) is 0 Å². The van der Waals surface area contributed by atoms with E-state index < -0.39 is 292 Å². The number of likely N-dealkylation sites (tertiary alicyclic amines) is 3. The van der Waals surface area contributed by atoms with Gasteiger partial charge >= 0.3 is 5.97 Å². The minimum atomic E-state index is -2.00. The number of carbonyl (C=O) groups is 20. The maximum atomic E-state index is 15.0. The van der Waals surface area contributed by atoms with Crippen molar-refractivity contribution in [2.75, 3.05) is 85.4 Å². The first-order chi connectivity index (χ1) is 62.4. The van der Waals surface area contributed by atoms with Crippen LogP contribution in [-0.4, -0.2) is 374 Å². The molecule has 3 fully saturated rings. The molecule has 0 spiro atoms. The van der Waals surface area contributed by atoms with E-state index in [-0.39, 0.29) is 89.9 Å². The molecule has 19 atom stereocenters. The van der Waals surface area contributed by atoms with Crippen LogP contribution in [0.3, 0.4) is 0 Å². The van der Waals surface area contributed by atoms with Gasteiger partial charge in [0.05, 0.1) is 70.9 Å². The molecular weight excluding hydrogens is 1740 g/mol. The predicted molar refractivity (Wildman–Crippen MR) is 464 cm³/mol.